The lowest BCUT2D eigenvalue weighted by Crippen LogP contribution is -2.71. The van der Waals surface area contributed by atoms with Gasteiger partial charge >= 0.3 is 12.1 Å². The van der Waals surface area contributed by atoms with Gasteiger partial charge in [-0.15, -0.1) is 0 Å². The SMILES string of the molecule is COc1c(C)cc2c(c1OCc1ccccc1)[C@@H]1[C@@H]3C(O)c4c(OCc5ccccc5)c(C)c5c(c4[C@H](COC(C)=O)N3[C@@H](C#N)[C@@H](C2)N1C(=O)OCC(Cl)(Cl)Cl)OCO5. The molecule has 1 unspecified atom stereocenters. The maximum atomic E-state index is 14.6. The highest BCUT2D eigenvalue weighted by atomic mass is 35.6. The van der Waals surface area contributed by atoms with Gasteiger partial charge in [-0.1, -0.05) is 102 Å². The summed E-state index contributed by atoms with van der Waals surface area (Å²) in [7, 11) is 1.53. The van der Waals surface area contributed by atoms with Crippen LogP contribution in [0.3, 0.4) is 0 Å². The number of esters is 1. The van der Waals surface area contributed by atoms with E-state index in [0.717, 1.165) is 22.3 Å². The molecule has 0 radical (unpaired) electrons. The number of hydrogen-bond donors (Lipinski definition) is 1. The van der Waals surface area contributed by atoms with Crippen molar-refractivity contribution in [3.63, 3.8) is 0 Å². The number of alkyl halides is 3. The number of aliphatic hydroxyl groups excluding tert-OH is 1. The number of aryl methyl sites for hydroxylation is 1. The molecule has 13 nitrogen and oxygen atoms in total. The molecule has 4 aliphatic heterocycles. The summed E-state index contributed by atoms with van der Waals surface area (Å²) in [5, 5.41) is 24.5. The molecule has 0 aliphatic carbocycles. The van der Waals surface area contributed by atoms with Gasteiger partial charge in [0.05, 0.1) is 37.3 Å². The molecule has 8 rings (SSSR count). The lowest BCUT2D eigenvalue weighted by atomic mass is 9.70. The second kappa shape index (κ2) is 16.7. The van der Waals surface area contributed by atoms with E-state index >= 15 is 0 Å². The monoisotopic (exact) mass is 877 g/mol. The predicted octanol–water partition coefficient (Wildman–Crippen LogP) is 7.90. The fourth-order valence-corrected chi connectivity index (χ4v) is 9.34. The van der Waals surface area contributed by atoms with Gasteiger partial charge in [-0.3, -0.25) is 14.6 Å². The number of fused-ring (bicyclic) bond motifs is 9. The molecule has 1 fully saturated rings. The van der Waals surface area contributed by atoms with Crippen molar-refractivity contribution >= 4 is 46.9 Å². The Labute approximate surface area is 362 Å². The second-order valence-corrected chi connectivity index (χ2v) is 17.6. The Balaban J connectivity index is 1.38. The smallest absolute Gasteiger partial charge is 0.410 e. The second-order valence-electron chi connectivity index (χ2n) is 15.1. The minimum Gasteiger partial charge on any atom is -0.493 e. The number of halogens is 3. The van der Waals surface area contributed by atoms with Crippen LogP contribution in [0.1, 0.15) is 69.6 Å². The highest BCUT2D eigenvalue weighted by molar-refractivity contribution is 6.67. The molecule has 0 aromatic heterocycles. The Hall–Kier alpha value is -5.10. The zero-order valence-electron chi connectivity index (χ0n) is 33.2. The normalized spacial score (nSPS) is 22.4. The Morgan fingerprint density at radius 1 is 0.900 bits per heavy atom. The van der Waals surface area contributed by atoms with Gasteiger partial charge in [0.1, 0.15) is 44.3 Å². The van der Waals surface area contributed by atoms with E-state index in [2.05, 4.69) is 6.07 Å². The van der Waals surface area contributed by atoms with Crippen LogP contribution in [0.4, 0.5) is 4.79 Å². The maximum absolute atomic E-state index is 14.6. The molecular formula is C44H42Cl3N3O10. The van der Waals surface area contributed by atoms with Crippen molar-refractivity contribution in [2.45, 2.75) is 80.5 Å². The molecular weight excluding hydrogens is 837 g/mol. The topological polar surface area (TPSA) is 149 Å². The Bertz CT molecular complexity index is 2340. The van der Waals surface area contributed by atoms with Gasteiger partial charge in [-0.25, -0.2) is 4.79 Å². The van der Waals surface area contributed by atoms with Crippen molar-refractivity contribution in [3.05, 3.63) is 111 Å². The van der Waals surface area contributed by atoms with E-state index in [0.29, 0.717) is 51.0 Å². The first-order chi connectivity index (χ1) is 28.8. The van der Waals surface area contributed by atoms with E-state index < -0.39 is 58.8 Å². The van der Waals surface area contributed by atoms with Gasteiger partial charge in [-0.2, -0.15) is 5.26 Å². The van der Waals surface area contributed by atoms with Crippen molar-refractivity contribution in [2.75, 3.05) is 27.1 Å². The number of methoxy groups -OCH3 is 1. The lowest BCUT2D eigenvalue weighted by Gasteiger charge is -2.61. The van der Waals surface area contributed by atoms with E-state index in [9.17, 15) is 20.0 Å². The van der Waals surface area contributed by atoms with Crippen molar-refractivity contribution < 1.29 is 47.9 Å². The van der Waals surface area contributed by atoms with Gasteiger partial charge in [-0.05, 0) is 42.5 Å². The summed E-state index contributed by atoms with van der Waals surface area (Å²) in [5.41, 5.74) is 5.13. The molecule has 4 aliphatic rings. The van der Waals surface area contributed by atoms with Gasteiger partial charge < -0.3 is 38.3 Å². The molecule has 6 atom stereocenters. The summed E-state index contributed by atoms with van der Waals surface area (Å²) in [5.74, 6) is 1.24. The maximum Gasteiger partial charge on any atom is 0.410 e. The summed E-state index contributed by atoms with van der Waals surface area (Å²) in [6.07, 6.45) is -2.21. The highest BCUT2D eigenvalue weighted by Crippen LogP contribution is 2.62. The fourth-order valence-electron chi connectivity index (χ4n) is 9.18. The Kier molecular flexibility index (Phi) is 11.6. The van der Waals surface area contributed by atoms with E-state index in [1.165, 1.54) is 18.9 Å². The number of nitriles is 1. The third-order valence-corrected chi connectivity index (χ3v) is 11.8. The van der Waals surface area contributed by atoms with Crippen LogP contribution >= 0.6 is 34.8 Å². The zero-order chi connectivity index (χ0) is 42.5. The predicted molar refractivity (Wildman–Crippen MR) is 220 cm³/mol. The number of amides is 1. The van der Waals surface area contributed by atoms with Crippen LogP contribution in [0.15, 0.2) is 66.7 Å². The summed E-state index contributed by atoms with van der Waals surface area (Å²) < 4.78 is 41.0. The summed E-state index contributed by atoms with van der Waals surface area (Å²) in [6.45, 7) is 4.29. The summed E-state index contributed by atoms with van der Waals surface area (Å²) in [6, 6.07) is 18.3. The van der Waals surface area contributed by atoms with E-state index in [4.69, 9.17) is 68.0 Å². The number of piperazine rings is 1. The number of ether oxygens (including phenoxy) is 7. The van der Waals surface area contributed by atoms with Crippen LogP contribution in [0, 0.1) is 25.2 Å². The van der Waals surface area contributed by atoms with E-state index in [1.807, 2.05) is 85.5 Å². The molecule has 4 heterocycles. The number of aliphatic hydroxyl groups is 1. The minimum atomic E-state index is -1.95. The third-order valence-electron chi connectivity index (χ3n) is 11.5. The van der Waals surface area contributed by atoms with E-state index in [1.54, 1.807) is 0 Å². The van der Waals surface area contributed by atoms with Gasteiger partial charge in [0, 0.05) is 29.2 Å². The van der Waals surface area contributed by atoms with Crippen LogP contribution in [0.25, 0.3) is 0 Å². The standard InChI is InChI=1S/C44H42Cl3N3O10/c1-23-15-28-16-29-30(17-48)49-31(20-55-25(3)51)33-34(39(24(2)40-42(33)60-22-59-40)56-18-26-11-7-5-8-12-26)37(52)36(49)35(50(29)43(53)58-21-44(45,46)47)32(28)41(38(23)54-4)57-19-27-13-9-6-10-14-27/h5-15,29-31,35-37,52H,16,18-22H2,1-4H3/t29-,30+,31+,35-,36-,37?/m1/s1. The quantitative estimate of drug-likeness (QED) is 0.122. The van der Waals surface area contributed by atoms with Crippen LogP contribution in [-0.4, -0.2) is 76.0 Å². The van der Waals surface area contributed by atoms with Crippen molar-refractivity contribution in [3.8, 4) is 34.8 Å². The van der Waals surface area contributed by atoms with Crippen molar-refractivity contribution in [2.24, 2.45) is 0 Å². The van der Waals surface area contributed by atoms with Gasteiger partial charge in [0.15, 0.2) is 23.0 Å². The Morgan fingerprint density at radius 2 is 1.53 bits per heavy atom. The first kappa shape index (κ1) is 41.6. The first-order valence-electron chi connectivity index (χ1n) is 19.3. The first-order valence-corrected chi connectivity index (χ1v) is 20.5. The number of nitrogens with zero attached hydrogens (tertiary/aromatic N) is 3. The highest BCUT2D eigenvalue weighted by Gasteiger charge is 2.62. The molecule has 1 saturated heterocycles. The molecule has 2 bridgehead atoms. The summed E-state index contributed by atoms with van der Waals surface area (Å²) >= 11 is 18.3. The van der Waals surface area contributed by atoms with Crippen LogP contribution in [-0.2, 0) is 33.9 Å². The molecule has 60 heavy (non-hydrogen) atoms. The van der Waals surface area contributed by atoms with Gasteiger partial charge in [0.2, 0.25) is 10.6 Å². The molecule has 1 amide bonds. The summed E-state index contributed by atoms with van der Waals surface area (Å²) in [4.78, 5) is 30.5. The Morgan fingerprint density at radius 3 is 2.13 bits per heavy atom. The molecule has 1 N–H and O–H groups in total. The molecule has 4 aromatic rings. The molecule has 0 saturated carbocycles. The molecule has 0 spiro atoms. The van der Waals surface area contributed by atoms with Crippen LogP contribution < -0.4 is 23.7 Å². The number of carbonyl (C=O) groups is 2. The van der Waals surface area contributed by atoms with Crippen molar-refractivity contribution in [1.82, 2.24) is 9.80 Å². The minimum absolute atomic E-state index is 0.116. The number of rotatable bonds is 10. The van der Waals surface area contributed by atoms with Crippen LogP contribution in [0.2, 0.25) is 0 Å². The van der Waals surface area contributed by atoms with Crippen LogP contribution in [0.5, 0.6) is 28.7 Å². The number of benzene rings is 4. The lowest BCUT2D eigenvalue weighted by molar-refractivity contribution is -0.151. The number of carbonyl (C=O) groups excluding carboxylic acids is 2. The molecule has 16 heteroatoms. The fraction of sp³-hybridized carbons (Fsp3) is 0.386. The number of hydrogen-bond acceptors (Lipinski definition) is 12. The average molecular weight is 879 g/mol. The van der Waals surface area contributed by atoms with E-state index in [-0.39, 0.29) is 33.0 Å². The van der Waals surface area contributed by atoms with Gasteiger partial charge in [0.25, 0.3) is 0 Å². The average Bonchev–Trinajstić information content (AvgIpc) is 3.72. The third kappa shape index (κ3) is 7.49. The van der Waals surface area contributed by atoms with Crippen molar-refractivity contribution in [1.29, 1.82) is 5.26 Å². The largest absolute Gasteiger partial charge is 0.493 e. The zero-order valence-corrected chi connectivity index (χ0v) is 35.4. The molecule has 4 aromatic carbocycles. The molecule has 314 valence electrons.